The zero-order valence-electron chi connectivity index (χ0n) is 13.3. The van der Waals surface area contributed by atoms with E-state index in [0.29, 0.717) is 15.6 Å². The fourth-order valence-corrected chi connectivity index (χ4v) is 3.61. The topological polar surface area (TPSA) is 74.7 Å². The summed E-state index contributed by atoms with van der Waals surface area (Å²) in [6.45, 7) is 1.94. The van der Waals surface area contributed by atoms with Gasteiger partial charge in [0.2, 0.25) is 0 Å². The summed E-state index contributed by atoms with van der Waals surface area (Å²) in [5, 5.41) is 10.9. The number of benzene rings is 1. The van der Waals surface area contributed by atoms with Crippen molar-refractivity contribution in [2.45, 2.75) is 6.92 Å². The van der Waals surface area contributed by atoms with E-state index >= 15 is 0 Å². The lowest BCUT2D eigenvalue weighted by Crippen LogP contribution is -2.12. The molecule has 0 spiro atoms. The number of aliphatic imine (C=N–C) groups is 1. The first-order valence-corrected chi connectivity index (χ1v) is 9.18. The van der Waals surface area contributed by atoms with Crippen LogP contribution in [0.3, 0.4) is 0 Å². The van der Waals surface area contributed by atoms with Crippen LogP contribution in [0.1, 0.15) is 12.6 Å². The second kappa shape index (κ2) is 7.76. The highest BCUT2D eigenvalue weighted by Gasteiger charge is 2.33. The summed E-state index contributed by atoms with van der Waals surface area (Å²) in [6.07, 6.45) is 3.55. The summed E-state index contributed by atoms with van der Waals surface area (Å²) in [6, 6.07) is 11.1. The standard InChI is InChI=1S/C18H15BrN2O3S/c1-2-24-18(23)15-16(22)14(10-11-6-5-9-20-11)25-17(15)21-13-8-4-3-7-12(13)19/h3-10,20,22H,2H2,1H3/b14-10-,21-17?. The van der Waals surface area contributed by atoms with Gasteiger partial charge in [-0.05, 0) is 53.2 Å². The first-order chi connectivity index (χ1) is 12.1. The molecule has 0 fully saturated rings. The van der Waals surface area contributed by atoms with E-state index in [1.165, 1.54) is 11.8 Å². The van der Waals surface area contributed by atoms with E-state index in [0.717, 1.165) is 10.2 Å². The summed E-state index contributed by atoms with van der Waals surface area (Å²) in [5.74, 6) is -0.711. The van der Waals surface area contributed by atoms with E-state index in [4.69, 9.17) is 4.74 Å². The molecule has 2 N–H and O–H groups in total. The Morgan fingerprint density at radius 3 is 2.84 bits per heavy atom. The fourth-order valence-electron chi connectivity index (χ4n) is 2.22. The van der Waals surface area contributed by atoms with Crippen molar-refractivity contribution in [2.24, 2.45) is 4.99 Å². The number of esters is 1. The van der Waals surface area contributed by atoms with Gasteiger partial charge >= 0.3 is 5.97 Å². The van der Waals surface area contributed by atoms with Crippen LogP contribution in [-0.2, 0) is 9.53 Å². The monoisotopic (exact) mass is 418 g/mol. The molecule has 2 heterocycles. The second-order valence-electron chi connectivity index (χ2n) is 5.05. The third-order valence-electron chi connectivity index (χ3n) is 3.35. The van der Waals surface area contributed by atoms with Crippen molar-refractivity contribution < 1.29 is 14.6 Å². The van der Waals surface area contributed by atoms with Crippen molar-refractivity contribution in [1.82, 2.24) is 4.98 Å². The third kappa shape index (κ3) is 3.88. The van der Waals surface area contributed by atoms with Gasteiger partial charge in [-0.15, -0.1) is 0 Å². The predicted octanol–water partition coefficient (Wildman–Crippen LogP) is 4.97. The number of carbonyl (C=O) groups is 1. The normalized spacial score (nSPS) is 17.5. The quantitative estimate of drug-likeness (QED) is 0.687. The van der Waals surface area contributed by atoms with E-state index in [1.54, 1.807) is 19.2 Å². The number of aromatic amines is 1. The molecular weight excluding hydrogens is 404 g/mol. The first kappa shape index (κ1) is 17.6. The van der Waals surface area contributed by atoms with Gasteiger partial charge in [0.05, 0.1) is 17.2 Å². The van der Waals surface area contributed by atoms with Crippen LogP contribution in [0.5, 0.6) is 0 Å². The molecular formula is C18H15BrN2O3S. The summed E-state index contributed by atoms with van der Waals surface area (Å²) < 4.78 is 5.88. The van der Waals surface area contributed by atoms with Gasteiger partial charge in [0.15, 0.2) is 0 Å². The lowest BCUT2D eigenvalue weighted by molar-refractivity contribution is -0.138. The van der Waals surface area contributed by atoms with Crippen LogP contribution in [0.15, 0.2) is 68.3 Å². The van der Waals surface area contributed by atoms with Crippen molar-refractivity contribution in [1.29, 1.82) is 0 Å². The molecule has 0 saturated heterocycles. The number of ether oxygens (including phenoxy) is 1. The summed E-state index contributed by atoms with van der Waals surface area (Å²) in [5.41, 5.74) is 1.57. The van der Waals surface area contributed by atoms with Gasteiger partial charge in [-0.25, -0.2) is 9.79 Å². The van der Waals surface area contributed by atoms with Crippen LogP contribution in [0.2, 0.25) is 0 Å². The smallest absolute Gasteiger partial charge is 0.344 e. The molecule has 1 aromatic heterocycles. The Hall–Kier alpha value is -2.25. The minimum absolute atomic E-state index is 0.0837. The van der Waals surface area contributed by atoms with Crippen molar-refractivity contribution in [2.75, 3.05) is 6.61 Å². The minimum Gasteiger partial charge on any atom is -0.506 e. The Kier molecular flexibility index (Phi) is 5.45. The molecule has 5 nitrogen and oxygen atoms in total. The Morgan fingerprint density at radius 1 is 1.36 bits per heavy atom. The SMILES string of the molecule is CCOC(=O)C1=C(O)/C(=C/c2ccc[nH]2)SC1=Nc1ccccc1Br. The zero-order chi connectivity index (χ0) is 17.8. The average Bonchev–Trinajstić information content (AvgIpc) is 3.19. The van der Waals surface area contributed by atoms with E-state index in [9.17, 15) is 9.90 Å². The van der Waals surface area contributed by atoms with Gasteiger partial charge < -0.3 is 14.8 Å². The average molecular weight is 419 g/mol. The number of carbonyl (C=O) groups excluding carboxylic acids is 1. The molecule has 25 heavy (non-hydrogen) atoms. The summed E-state index contributed by atoms with van der Waals surface area (Å²) >= 11 is 4.67. The zero-order valence-corrected chi connectivity index (χ0v) is 15.7. The third-order valence-corrected chi connectivity index (χ3v) is 5.04. The van der Waals surface area contributed by atoms with E-state index in [1.807, 2.05) is 36.4 Å². The van der Waals surface area contributed by atoms with Crippen molar-refractivity contribution >= 4 is 50.5 Å². The predicted molar refractivity (Wildman–Crippen MR) is 104 cm³/mol. The van der Waals surface area contributed by atoms with Gasteiger partial charge in [0.25, 0.3) is 0 Å². The highest BCUT2D eigenvalue weighted by atomic mass is 79.9. The number of thioether (sulfide) groups is 1. The maximum atomic E-state index is 12.3. The summed E-state index contributed by atoms with van der Waals surface area (Å²) in [4.78, 5) is 20.4. The lowest BCUT2D eigenvalue weighted by atomic mass is 10.2. The van der Waals surface area contributed by atoms with Crippen molar-refractivity contribution in [3.8, 4) is 0 Å². The molecule has 3 rings (SSSR count). The fraction of sp³-hybridized carbons (Fsp3) is 0.111. The Morgan fingerprint density at radius 2 is 2.16 bits per heavy atom. The number of rotatable bonds is 4. The number of aliphatic hydroxyl groups is 1. The second-order valence-corrected chi connectivity index (χ2v) is 6.93. The molecule has 0 bridgehead atoms. The van der Waals surface area contributed by atoms with Crippen molar-refractivity contribution in [3.05, 3.63) is 69.0 Å². The van der Waals surface area contributed by atoms with Crippen molar-refractivity contribution in [3.63, 3.8) is 0 Å². The Balaban J connectivity index is 2.06. The molecule has 7 heteroatoms. The van der Waals surface area contributed by atoms with E-state index in [-0.39, 0.29) is 17.9 Å². The van der Waals surface area contributed by atoms with Crippen LogP contribution in [0, 0.1) is 0 Å². The number of H-pyrrole nitrogens is 1. The van der Waals surface area contributed by atoms with Crippen LogP contribution >= 0.6 is 27.7 Å². The largest absolute Gasteiger partial charge is 0.506 e. The molecule has 0 unspecified atom stereocenters. The minimum atomic E-state index is -0.590. The van der Waals surface area contributed by atoms with Crippen LogP contribution in [0.25, 0.3) is 6.08 Å². The van der Waals surface area contributed by atoms with Crippen LogP contribution in [0.4, 0.5) is 5.69 Å². The van der Waals surface area contributed by atoms with E-state index in [2.05, 4.69) is 25.9 Å². The molecule has 0 saturated carbocycles. The molecule has 0 amide bonds. The molecule has 1 aliphatic heterocycles. The molecule has 0 atom stereocenters. The van der Waals surface area contributed by atoms with Gasteiger partial charge in [-0.2, -0.15) is 0 Å². The molecule has 1 aliphatic rings. The number of halogens is 1. The van der Waals surface area contributed by atoms with Gasteiger partial charge in [-0.3, -0.25) is 0 Å². The number of para-hydroxylation sites is 1. The molecule has 0 radical (unpaired) electrons. The Bertz CT molecular complexity index is 885. The number of hydrogen-bond acceptors (Lipinski definition) is 5. The molecule has 0 aliphatic carbocycles. The summed E-state index contributed by atoms with van der Waals surface area (Å²) in [7, 11) is 0. The number of hydrogen-bond donors (Lipinski definition) is 2. The lowest BCUT2D eigenvalue weighted by Gasteiger charge is -2.04. The Labute approximate surface area is 157 Å². The van der Waals surface area contributed by atoms with Gasteiger partial charge in [-0.1, -0.05) is 23.9 Å². The highest BCUT2D eigenvalue weighted by molar-refractivity contribution is 9.10. The molecule has 2 aromatic rings. The van der Waals surface area contributed by atoms with Crippen LogP contribution in [-0.4, -0.2) is 27.7 Å². The maximum absolute atomic E-state index is 12.3. The molecule has 128 valence electrons. The number of aromatic nitrogens is 1. The van der Waals surface area contributed by atoms with Crippen LogP contribution < -0.4 is 0 Å². The number of aliphatic hydroxyl groups excluding tert-OH is 1. The highest BCUT2D eigenvalue weighted by Crippen LogP contribution is 2.40. The first-order valence-electron chi connectivity index (χ1n) is 7.57. The number of nitrogens with zero attached hydrogens (tertiary/aromatic N) is 1. The van der Waals surface area contributed by atoms with Gasteiger partial charge in [0.1, 0.15) is 16.4 Å². The molecule has 1 aromatic carbocycles. The van der Waals surface area contributed by atoms with Gasteiger partial charge in [0, 0.05) is 16.4 Å². The maximum Gasteiger partial charge on any atom is 0.344 e. The van der Waals surface area contributed by atoms with E-state index < -0.39 is 5.97 Å². The number of nitrogens with one attached hydrogen (secondary N) is 1.